The minimum Gasteiger partial charge on any atom is -0.497 e. The summed E-state index contributed by atoms with van der Waals surface area (Å²) in [6, 6.07) is 12.3. The highest BCUT2D eigenvalue weighted by molar-refractivity contribution is 7.99. The fourth-order valence-corrected chi connectivity index (χ4v) is 3.54. The number of nitrogens with zero attached hydrogens (tertiary/aromatic N) is 1. The van der Waals surface area contributed by atoms with Crippen molar-refractivity contribution < 1.29 is 14.0 Å². The molecule has 1 heterocycles. The van der Waals surface area contributed by atoms with Crippen molar-refractivity contribution >= 4 is 23.7 Å². The van der Waals surface area contributed by atoms with Crippen molar-refractivity contribution in [2.45, 2.75) is 11.8 Å². The minimum absolute atomic E-state index is 0.802. The number of benzene rings is 2. The van der Waals surface area contributed by atoms with Gasteiger partial charge in [0, 0.05) is 17.0 Å². The highest BCUT2D eigenvalue weighted by atomic mass is 32.2. The molecule has 2 aromatic carbocycles. The molecule has 0 atom stereocenters. The fraction of sp³-hybridized carbons (Fsp3) is 0.235. The summed E-state index contributed by atoms with van der Waals surface area (Å²) in [7, 11) is 3.35. The molecule has 0 aromatic heterocycles. The number of ether oxygens (including phenoxy) is 2. The molecule has 0 N–H and O–H groups in total. The minimum atomic E-state index is 0.802. The second-order valence-corrected chi connectivity index (χ2v) is 5.86. The van der Waals surface area contributed by atoms with Crippen molar-refractivity contribution in [1.29, 1.82) is 0 Å². The number of aryl methyl sites for hydroxylation is 1. The van der Waals surface area contributed by atoms with Crippen LogP contribution in [0.5, 0.6) is 11.5 Å². The normalized spacial score (nSPS) is 13.4. The van der Waals surface area contributed by atoms with Crippen LogP contribution < -0.4 is 9.47 Å². The first kappa shape index (κ1) is 14.0. The van der Waals surface area contributed by atoms with Crippen LogP contribution in [0, 0.1) is 6.92 Å². The van der Waals surface area contributed by atoms with Crippen molar-refractivity contribution in [2.24, 2.45) is 0 Å². The van der Waals surface area contributed by atoms with Crippen LogP contribution in [0.2, 0.25) is 0 Å². The first-order valence-electron chi connectivity index (χ1n) is 6.79. The molecular formula is C17H18NO2S+. The smallest absolute Gasteiger partial charge is 0.248 e. The van der Waals surface area contributed by atoms with Crippen LogP contribution in [0.15, 0.2) is 41.3 Å². The maximum atomic E-state index is 5.50. The second-order valence-electron chi connectivity index (χ2n) is 4.90. The molecule has 0 aliphatic carbocycles. The fourth-order valence-electron chi connectivity index (χ4n) is 2.47. The maximum absolute atomic E-state index is 5.50. The summed E-state index contributed by atoms with van der Waals surface area (Å²) in [5, 5.41) is 0. The molecule has 3 nitrogen and oxygen atoms in total. The number of hydrogen-bond acceptors (Lipinski definition) is 3. The van der Waals surface area contributed by atoms with Gasteiger partial charge in [0.15, 0.2) is 17.8 Å². The van der Waals surface area contributed by atoms with E-state index in [-0.39, 0.29) is 0 Å². The Morgan fingerprint density at radius 1 is 1.10 bits per heavy atom. The molecule has 0 fully saturated rings. The Hall–Kier alpha value is -1.94. The summed E-state index contributed by atoms with van der Waals surface area (Å²) in [5.74, 6) is 2.50. The van der Waals surface area contributed by atoms with Gasteiger partial charge in [-0.3, -0.25) is 0 Å². The Morgan fingerprint density at radius 3 is 2.71 bits per heavy atom. The Bertz CT molecular complexity index is 710. The van der Waals surface area contributed by atoms with E-state index < -0.39 is 0 Å². The monoisotopic (exact) mass is 300 g/mol. The highest BCUT2D eigenvalue weighted by Crippen LogP contribution is 2.36. The molecule has 4 heteroatoms. The van der Waals surface area contributed by atoms with Crippen molar-refractivity contribution in [3.05, 3.63) is 47.5 Å². The molecule has 0 amide bonds. The van der Waals surface area contributed by atoms with Crippen molar-refractivity contribution in [3.63, 3.8) is 0 Å². The predicted molar refractivity (Wildman–Crippen MR) is 86.5 cm³/mol. The number of methoxy groups -OCH3 is 2. The molecular weight excluding hydrogens is 282 g/mol. The molecule has 108 valence electrons. The van der Waals surface area contributed by atoms with Gasteiger partial charge in [0.1, 0.15) is 5.75 Å². The highest BCUT2D eigenvalue weighted by Gasteiger charge is 2.23. The molecule has 1 aliphatic heterocycles. The lowest BCUT2D eigenvalue weighted by atomic mass is 10.1. The Labute approximate surface area is 129 Å². The zero-order valence-corrected chi connectivity index (χ0v) is 13.2. The van der Waals surface area contributed by atoms with Crippen LogP contribution in [-0.2, 0) is 0 Å². The molecule has 0 saturated heterocycles. The zero-order chi connectivity index (χ0) is 14.8. The van der Waals surface area contributed by atoms with E-state index in [0.717, 1.165) is 23.1 Å². The second kappa shape index (κ2) is 5.82. The third-order valence-electron chi connectivity index (χ3n) is 3.58. The standard InChI is InChI=1S/C17H18NO2S/c1-12-5-4-6-13-10-18(11-21-17(12)13)15-8-7-14(19-2)9-16(15)20-3/h4-10H,11H2,1-3H3/q+1. The number of fused-ring (bicyclic) bond motifs is 1. The molecule has 0 bridgehead atoms. The van der Waals surface area contributed by atoms with Gasteiger partial charge in [0.2, 0.25) is 5.69 Å². The molecule has 0 saturated carbocycles. The van der Waals surface area contributed by atoms with Gasteiger partial charge in [-0.15, -0.1) is 0 Å². The SMILES string of the molecule is COc1ccc([N+]2=Cc3cccc(C)c3SC2)c(OC)c1. The molecule has 0 unspecified atom stereocenters. The van der Waals surface area contributed by atoms with Gasteiger partial charge in [0.05, 0.1) is 19.8 Å². The quantitative estimate of drug-likeness (QED) is 0.804. The predicted octanol–water partition coefficient (Wildman–Crippen LogP) is 3.84. The van der Waals surface area contributed by atoms with E-state index >= 15 is 0 Å². The van der Waals surface area contributed by atoms with Gasteiger partial charge in [-0.1, -0.05) is 23.9 Å². The third-order valence-corrected chi connectivity index (χ3v) is 4.84. The van der Waals surface area contributed by atoms with E-state index in [0.29, 0.717) is 0 Å². The van der Waals surface area contributed by atoms with Crippen LogP contribution in [0.1, 0.15) is 11.1 Å². The molecule has 0 spiro atoms. The van der Waals surface area contributed by atoms with Crippen LogP contribution >= 0.6 is 11.8 Å². The third kappa shape index (κ3) is 2.63. The van der Waals surface area contributed by atoms with Gasteiger partial charge in [-0.2, -0.15) is 4.58 Å². The van der Waals surface area contributed by atoms with E-state index in [1.165, 1.54) is 16.0 Å². The average Bonchev–Trinajstić information content (AvgIpc) is 2.54. The lowest BCUT2D eigenvalue weighted by Gasteiger charge is -2.15. The van der Waals surface area contributed by atoms with E-state index in [1.807, 2.05) is 30.0 Å². The van der Waals surface area contributed by atoms with E-state index in [2.05, 4.69) is 35.9 Å². The number of rotatable bonds is 3. The van der Waals surface area contributed by atoms with Crippen LogP contribution in [-0.4, -0.2) is 30.9 Å². The largest absolute Gasteiger partial charge is 0.497 e. The maximum Gasteiger partial charge on any atom is 0.248 e. The van der Waals surface area contributed by atoms with Gasteiger partial charge < -0.3 is 9.47 Å². The van der Waals surface area contributed by atoms with E-state index in [1.54, 1.807) is 14.2 Å². The lowest BCUT2D eigenvalue weighted by molar-refractivity contribution is -0.412. The average molecular weight is 300 g/mol. The zero-order valence-electron chi connectivity index (χ0n) is 12.4. The Morgan fingerprint density at radius 2 is 1.95 bits per heavy atom. The molecule has 2 aromatic rings. The molecule has 21 heavy (non-hydrogen) atoms. The first-order valence-corrected chi connectivity index (χ1v) is 7.77. The Kier molecular flexibility index (Phi) is 3.88. The first-order chi connectivity index (χ1) is 10.2. The van der Waals surface area contributed by atoms with Crippen molar-refractivity contribution in [3.8, 4) is 11.5 Å². The molecule has 0 radical (unpaired) electrons. The van der Waals surface area contributed by atoms with Gasteiger partial charge >= 0.3 is 0 Å². The molecule has 1 aliphatic rings. The Balaban J connectivity index is 2.06. The summed E-state index contributed by atoms with van der Waals surface area (Å²) in [4.78, 5) is 1.36. The number of hydrogen-bond donors (Lipinski definition) is 0. The summed E-state index contributed by atoms with van der Waals surface area (Å²) in [6.07, 6.45) is 2.18. The molecule has 3 rings (SSSR count). The van der Waals surface area contributed by atoms with Gasteiger partial charge in [0.25, 0.3) is 0 Å². The summed E-state index contributed by atoms with van der Waals surface area (Å²) in [6.45, 7) is 2.16. The van der Waals surface area contributed by atoms with E-state index in [4.69, 9.17) is 9.47 Å². The van der Waals surface area contributed by atoms with Crippen LogP contribution in [0.4, 0.5) is 5.69 Å². The topological polar surface area (TPSA) is 21.5 Å². The summed E-state index contributed by atoms with van der Waals surface area (Å²) in [5.41, 5.74) is 3.64. The van der Waals surface area contributed by atoms with Crippen molar-refractivity contribution in [2.75, 3.05) is 20.1 Å². The lowest BCUT2D eigenvalue weighted by Crippen LogP contribution is -2.14. The van der Waals surface area contributed by atoms with Crippen molar-refractivity contribution in [1.82, 2.24) is 0 Å². The van der Waals surface area contributed by atoms with Crippen LogP contribution in [0.25, 0.3) is 0 Å². The summed E-state index contributed by atoms with van der Waals surface area (Å²) >= 11 is 1.86. The number of thioether (sulfide) groups is 1. The summed E-state index contributed by atoms with van der Waals surface area (Å²) < 4.78 is 13.0. The van der Waals surface area contributed by atoms with E-state index in [9.17, 15) is 0 Å². The van der Waals surface area contributed by atoms with Crippen LogP contribution in [0.3, 0.4) is 0 Å². The van der Waals surface area contributed by atoms with Gasteiger partial charge in [-0.05, 0) is 24.6 Å². The van der Waals surface area contributed by atoms with Gasteiger partial charge in [-0.25, -0.2) is 0 Å².